The number of hydrogen-bond donors (Lipinski definition) is 27. The van der Waals surface area contributed by atoms with Gasteiger partial charge in [-0.1, -0.05) is 55.4 Å². The Morgan fingerprint density at radius 2 is 0.673 bits per heavy atom. The topological polar surface area (TPSA) is 704 Å². The number of primary amides is 2. The molecule has 7 unspecified atom stereocenters. The highest BCUT2D eigenvalue weighted by molar-refractivity contribution is 7.80. The van der Waals surface area contributed by atoms with Crippen LogP contribution >= 0.6 is 50.5 Å². The summed E-state index contributed by atoms with van der Waals surface area (Å²) in [5, 5.41) is 81.1. The van der Waals surface area contributed by atoms with Gasteiger partial charge in [0.1, 0.15) is 90.9 Å². The minimum Gasteiger partial charge on any atom is -0.481 e. The number of hydrazine groups is 1. The normalized spacial score (nSPS) is 15.4. The maximum Gasteiger partial charge on any atom is 0.326 e. The molecule has 0 aromatic rings. The van der Waals surface area contributed by atoms with E-state index in [9.17, 15) is 126 Å². The Balaban J connectivity index is 6.67. The van der Waals surface area contributed by atoms with Crippen LogP contribution in [0.4, 0.5) is 0 Å². The van der Waals surface area contributed by atoms with Crippen molar-refractivity contribution in [2.45, 2.75) is 224 Å². The van der Waals surface area contributed by atoms with Crippen LogP contribution in [0.25, 0.3) is 0 Å². The van der Waals surface area contributed by atoms with Crippen LogP contribution in [0.3, 0.4) is 0 Å². The second kappa shape index (κ2) is 52.6. The van der Waals surface area contributed by atoms with Crippen LogP contribution in [-0.4, -0.2) is 276 Å². The van der Waals surface area contributed by atoms with E-state index in [0.717, 1.165) is 6.92 Å². The number of hydrogen-bond acceptors (Lipinski definition) is 28. The quantitative estimate of drug-likeness (QED) is 0.0153. The maximum absolute atomic E-state index is 14.2. The first-order valence-electron chi connectivity index (χ1n) is 35.3. The summed E-state index contributed by atoms with van der Waals surface area (Å²) in [5.41, 5.74) is 15.3. The molecule has 16 amide bonds. The number of amides is 16. The molecule has 0 rings (SSSR count). The SMILES string of the molecule is CC(C)CC(NC(=O)[C@H](CCC(=O)O)NC(=O)C(CS)NC(=O)[C@H](CCC(=O)O)NC(=O)C(CC(=O)O)NNC(CC(N)=O)C(=O)N[C@@H](CC(C)C)C(=O)O)C(=O)N[C@@H](CS)C(=O)NC(C(=O)N[C@@H](CC(N)=O)C(=O)NC(C(=O)N[C@@H](C)C(=O)NC(CS)C(=O)N[C@H](C(=O)NCC(=O)N[C@H](C=O)CS)[C@@H](C)O)C(C)C)C(C)C. The number of aliphatic hydroxyl groups excluding tert-OH is 1. The smallest absolute Gasteiger partial charge is 0.326 e. The van der Waals surface area contributed by atoms with E-state index in [0.29, 0.717) is 6.29 Å². The molecule has 638 valence electrons. The van der Waals surface area contributed by atoms with Gasteiger partial charge in [0.05, 0.1) is 38.0 Å². The van der Waals surface area contributed by atoms with E-state index in [1.54, 1.807) is 27.7 Å². The number of aldehydes is 1. The average molecular weight is 1690 g/mol. The molecule has 0 fully saturated rings. The van der Waals surface area contributed by atoms with Crippen molar-refractivity contribution in [3.63, 3.8) is 0 Å². The molecule has 44 nitrogen and oxygen atoms in total. The fourth-order valence-electron chi connectivity index (χ4n) is 9.91. The van der Waals surface area contributed by atoms with Crippen molar-refractivity contribution >= 4 is 175 Å². The molecule has 0 radical (unpaired) electrons. The van der Waals surface area contributed by atoms with Crippen molar-refractivity contribution in [1.29, 1.82) is 0 Å². The molecule has 0 aromatic carbocycles. The lowest BCUT2D eigenvalue weighted by molar-refractivity contribution is -0.143. The van der Waals surface area contributed by atoms with Gasteiger partial charge < -0.3 is 116 Å². The van der Waals surface area contributed by atoms with Gasteiger partial charge in [-0.3, -0.25) is 91.1 Å². The molecule has 48 heteroatoms. The van der Waals surface area contributed by atoms with Crippen molar-refractivity contribution in [2.24, 2.45) is 35.1 Å². The van der Waals surface area contributed by atoms with Crippen LogP contribution in [0.1, 0.15) is 127 Å². The summed E-state index contributed by atoms with van der Waals surface area (Å²) < 4.78 is 0. The minimum absolute atomic E-state index is 0.0437. The standard InChI is InChI=1S/C65H108N18O26S4/c1-26(2)15-35(73-53(96)33(11-13-46(89)90)72-59(102)40(23-111)77-54(97)34(12-14-47(91)92)71-58(101)38(19-48(93)94)83-82-37(18-44(67)87)57(100)75-39(65(108)109)16-27(3)4)55(98)78-42(25-113)60(103)80-50(29(7)8)64(107)74-36(17-43(66)86)56(99)79-49(28(5)6)63(106)69-30(9)52(95)76-41(24-112)61(104)81-51(31(10)85)62(105)68-20-45(88)70-32(21-84)22-110/h21,26-42,49-51,82-83,85,110-113H,11-20,22-25H2,1-10H3,(H2,66,86)(H2,67,87)(H,68,105)(H,69,106)(H,70,88)(H,71,101)(H,72,102)(H,73,96)(H,74,107)(H,75,100)(H,76,95)(H,77,97)(H,78,98)(H,79,99)(H,80,103)(H,81,104)(H,89,90)(H,91,92)(H,93,94)(H,108,109)/t30-,31+,32+,33-,34-,35?,36-,37?,38?,39-,40?,41?,42-,49?,50?,51-/m0/s1. The fourth-order valence-corrected chi connectivity index (χ4v) is 10.9. The molecular formula is C65H108N18O26S4. The Morgan fingerprint density at radius 1 is 0.345 bits per heavy atom. The highest BCUT2D eigenvalue weighted by atomic mass is 32.1. The molecule has 0 aromatic heterocycles. The van der Waals surface area contributed by atoms with Crippen LogP contribution in [0.15, 0.2) is 0 Å². The Labute approximate surface area is 672 Å². The van der Waals surface area contributed by atoms with Gasteiger partial charge in [0.15, 0.2) is 0 Å². The van der Waals surface area contributed by atoms with Crippen LogP contribution < -0.4 is 96.8 Å². The number of carboxylic acid groups (broad SMARTS) is 4. The fraction of sp³-hybridized carbons (Fsp3) is 0.677. The van der Waals surface area contributed by atoms with Crippen molar-refractivity contribution < 1.29 is 126 Å². The van der Waals surface area contributed by atoms with Gasteiger partial charge in [-0.15, -0.1) is 0 Å². The maximum atomic E-state index is 14.2. The number of thiol groups is 4. The predicted molar refractivity (Wildman–Crippen MR) is 411 cm³/mol. The molecule has 16 atom stereocenters. The van der Waals surface area contributed by atoms with Crippen LogP contribution in [0, 0.1) is 23.7 Å². The first-order chi connectivity index (χ1) is 52.6. The predicted octanol–water partition coefficient (Wildman–Crippen LogP) is -9.00. The zero-order valence-electron chi connectivity index (χ0n) is 63.8. The third-order valence-electron chi connectivity index (χ3n) is 16.0. The number of rotatable bonds is 56. The van der Waals surface area contributed by atoms with Crippen molar-refractivity contribution in [2.75, 3.05) is 29.6 Å². The monoisotopic (exact) mass is 1680 g/mol. The summed E-state index contributed by atoms with van der Waals surface area (Å²) in [6.45, 7) is 14.1. The molecule has 25 N–H and O–H groups in total. The van der Waals surface area contributed by atoms with Gasteiger partial charge in [-0.2, -0.15) is 50.5 Å². The molecular weight excluding hydrogens is 1580 g/mol. The van der Waals surface area contributed by atoms with Crippen LogP contribution in [0.2, 0.25) is 0 Å². The van der Waals surface area contributed by atoms with Gasteiger partial charge in [0, 0.05) is 35.9 Å². The molecule has 0 aliphatic rings. The summed E-state index contributed by atoms with van der Waals surface area (Å²) in [4.78, 5) is 274. The second-order valence-corrected chi connectivity index (χ2v) is 28.9. The first-order valence-corrected chi connectivity index (χ1v) is 37.9. The number of nitrogens with two attached hydrogens (primary N) is 2. The van der Waals surface area contributed by atoms with E-state index in [-0.39, 0.29) is 24.5 Å². The Bertz CT molecular complexity index is 3380. The van der Waals surface area contributed by atoms with Gasteiger partial charge in [0.2, 0.25) is 94.5 Å². The van der Waals surface area contributed by atoms with E-state index in [1.807, 2.05) is 0 Å². The summed E-state index contributed by atoms with van der Waals surface area (Å²) in [6.07, 6.45) is -7.34. The van der Waals surface area contributed by atoms with Crippen LogP contribution in [0.5, 0.6) is 0 Å². The van der Waals surface area contributed by atoms with E-state index >= 15 is 0 Å². The molecule has 0 spiro atoms. The van der Waals surface area contributed by atoms with Crippen LogP contribution in [-0.2, 0) is 101 Å². The number of carbonyl (C=O) groups is 21. The van der Waals surface area contributed by atoms with Gasteiger partial charge in [0.25, 0.3) is 0 Å². The average Bonchev–Trinajstić information content (AvgIpc) is 0.869. The highest BCUT2D eigenvalue weighted by Crippen LogP contribution is 2.13. The lowest BCUT2D eigenvalue weighted by atomic mass is 10.00. The van der Waals surface area contributed by atoms with Crippen molar-refractivity contribution in [3.8, 4) is 0 Å². The zero-order valence-corrected chi connectivity index (χ0v) is 67.4. The number of carboxylic acids is 4. The Hall–Kier alpha value is -9.65. The molecule has 0 saturated carbocycles. The molecule has 0 aliphatic heterocycles. The summed E-state index contributed by atoms with van der Waals surface area (Å²) in [7, 11) is 0. The third kappa shape index (κ3) is 40.1. The van der Waals surface area contributed by atoms with Gasteiger partial charge in [-0.25, -0.2) is 15.6 Å². The number of nitrogens with one attached hydrogen (secondary N) is 16. The summed E-state index contributed by atoms with van der Waals surface area (Å²) in [5.74, 6) is -27.8. The van der Waals surface area contributed by atoms with Gasteiger partial charge in [-0.05, 0) is 63.2 Å². The number of aliphatic carboxylic acids is 4. The van der Waals surface area contributed by atoms with E-state index in [1.165, 1.54) is 34.6 Å². The molecule has 0 saturated heterocycles. The van der Waals surface area contributed by atoms with E-state index in [2.05, 4.69) is 136 Å². The molecule has 0 bridgehead atoms. The highest BCUT2D eigenvalue weighted by Gasteiger charge is 2.39. The Kier molecular flexibility index (Phi) is 48.1. The molecule has 113 heavy (non-hydrogen) atoms. The van der Waals surface area contributed by atoms with Gasteiger partial charge >= 0.3 is 23.9 Å². The largest absolute Gasteiger partial charge is 0.481 e. The molecule has 0 aliphatic carbocycles. The number of aliphatic hydroxyl groups is 1. The Morgan fingerprint density at radius 3 is 1.04 bits per heavy atom. The van der Waals surface area contributed by atoms with Crippen molar-refractivity contribution in [3.05, 3.63) is 0 Å². The lowest BCUT2D eigenvalue weighted by Crippen LogP contribution is -2.62. The minimum atomic E-state index is -1.96. The first kappa shape index (κ1) is 103. The summed E-state index contributed by atoms with van der Waals surface area (Å²) in [6, 6.07) is -24.6. The zero-order chi connectivity index (χ0) is 87.0. The van der Waals surface area contributed by atoms with E-state index < -0.39 is 302 Å². The summed E-state index contributed by atoms with van der Waals surface area (Å²) >= 11 is 16.3. The third-order valence-corrected chi connectivity index (χ3v) is 17.5. The lowest BCUT2D eigenvalue weighted by Gasteiger charge is -2.29. The van der Waals surface area contributed by atoms with E-state index in [4.69, 9.17) is 11.5 Å². The number of carbonyl (C=O) groups excluding carboxylic acids is 17. The van der Waals surface area contributed by atoms with Crippen molar-refractivity contribution in [1.82, 2.24) is 85.3 Å². The second-order valence-electron chi connectivity index (χ2n) is 27.5. The molecule has 0 heterocycles.